The van der Waals surface area contributed by atoms with Crippen molar-refractivity contribution < 1.29 is 23.8 Å². The van der Waals surface area contributed by atoms with Crippen LogP contribution in [0.4, 0.5) is 0 Å². The smallest absolute Gasteiger partial charge is 0.160 e. The summed E-state index contributed by atoms with van der Waals surface area (Å²) in [6.45, 7) is -1.93. The molecule has 0 saturated carbocycles. The lowest BCUT2D eigenvalue weighted by Gasteiger charge is -2.35. The van der Waals surface area contributed by atoms with Gasteiger partial charge in [0, 0.05) is 16.7 Å². The Morgan fingerprint density at radius 1 is 1.12 bits per heavy atom. The summed E-state index contributed by atoms with van der Waals surface area (Å²) in [5.41, 5.74) is 2.44. The summed E-state index contributed by atoms with van der Waals surface area (Å²) < 4.78 is 34.3. The SMILES string of the molecule is [2H]C([2H])([2H])N1CCc2cc(O)c(O)cc2C1Cc1ccc(OC)c(OC)c1. The van der Waals surface area contributed by atoms with Crippen LogP contribution in [-0.2, 0) is 12.8 Å². The lowest BCUT2D eigenvalue weighted by molar-refractivity contribution is 0.228. The molecule has 1 unspecified atom stereocenters. The Kier molecular flexibility index (Phi) is 3.57. The van der Waals surface area contributed by atoms with Gasteiger partial charge in [0.25, 0.3) is 0 Å². The van der Waals surface area contributed by atoms with Crippen LogP contribution in [0.1, 0.15) is 26.8 Å². The number of aromatic hydroxyl groups is 2. The maximum Gasteiger partial charge on any atom is 0.160 e. The second kappa shape index (κ2) is 6.61. The molecule has 0 spiro atoms. The lowest BCUT2D eigenvalue weighted by Crippen LogP contribution is -2.33. The average Bonchev–Trinajstić information content (AvgIpc) is 2.62. The summed E-state index contributed by atoms with van der Waals surface area (Å²) in [4.78, 5) is 1.46. The van der Waals surface area contributed by atoms with Gasteiger partial charge in [-0.25, -0.2) is 0 Å². The molecule has 1 aliphatic rings. The van der Waals surface area contributed by atoms with E-state index in [0.717, 1.165) is 11.1 Å². The van der Waals surface area contributed by atoms with E-state index >= 15 is 0 Å². The van der Waals surface area contributed by atoms with Gasteiger partial charge in [-0.3, -0.25) is 4.90 Å². The average molecular weight is 332 g/mol. The Labute approximate surface area is 146 Å². The van der Waals surface area contributed by atoms with Crippen LogP contribution < -0.4 is 9.47 Å². The van der Waals surface area contributed by atoms with Gasteiger partial charge < -0.3 is 19.7 Å². The molecule has 3 rings (SSSR count). The zero-order valence-electron chi connectivity index (χ0n) is 16.7. The van der Waals surface area contributed by atoms with Gasteiger partial charge in [-0.2, -0.15) is 0 Å². The Hall–Kier alpha value is -2.40. The van der Waals surface area contributed by atoms with Crippen LogP contribution in [0.2, 0.25) is 0 Å². The number of hydrogen-bond donors (Lipinski definition) is 2. The van der Waals surface area contributed by atoms with Crippen molar-refractivity contribution in [2.75, 3.05) is 27.7 Å². The van der Waals surface area contributed by atoms with Gasteiger partial charge in [0.2, 0.25) is 0 Å². The zero-order chi connectivity index (χ0) is 19.8. The largest absolute Gasteiger partial charge is 0.504 e. The Morgan fingerprint density at radius 3 is 2.58 bits per heavy atom. The molecule has 2 aromatic carbocycles. The highest BCUT2D eigenvalue weighted by molar-refractivity contribution is 5.49. The number of ether oxygens (including phenoxy) is 2. The van der Waals surface area contributed by atoms with E-state index in [0.29, 0.717) is 36.4 Å². The summed E-state index contributed by atoms with van der Waals surface area (Å²) in [5.74, 6) is 0.722. The summed E-state index contributed by atoms with van der Waals surface area (Å²) in [6.07, 6.45) is 0.903. The van der Waals surface area contributed by atoms with Crippen molar-refractivity contribution in [3.8, 4) is 23.0 Å². The van der Waals surface area contributed by atoms with Gasteiger partial charge in [-0.05, 0) is 60.8 Å². The Balaban J connectivity index is 2.03. The summed E-state index contributed by atoms with van der Waals surface area (Å²) in [6, 6.07) is 7.99. The number of rotatable bonds is 4. The van der Waals surface area contributed by atoms with E-state index in [-0.39, 0.29) is 11.5 Å². The van der Waals surface area contributed by atoms with E-state index in [2.05, 4.69) is 0 Å². The molecule has 0 aliphatic carbocycles. The first-order valence-corrected chi connectivity index (χ1v) is 7.77. The van der Waals surface area contributed by atoms with Crippen molar-refractivity contribution in [1.82, 2.24) is 4.90 Å². The highest BCUT2D eigenvalue weighted by atomic mass is 16.5. The minimum absolute atomic E-state index is 0.194. The van der Waals surface area contributed by atoms with Crippen molar-refractivity contribution >= 4 is 0 Å². The molecular formula is C19H23NO4. The lowest BCUT2D eigenvalue weighted by atomic mass is 9.88. The fourth-order valence-electron chi connectivity index (χ4n) is 3.18. The quantitative estimate of drug-likeness (QED) is 0.843. The Morgan fingerprint density at radius 2 is 1.88 bits per heavy atom. The van der Waals surface area contributed by atoms with Crippen LogP contribution in [0.5, 0.6) is 23.0 Å². The molecule has 1 aliphatic heterocycles. The van der Waals surface area contributed by atoms with Crippen molar-refractivity contribution in [3.63, 3.8) is 0 Å². The Bertz CT molecular complexity index is 838. The molecule has 5 nitrogen and oxygen atoms in total. The molecule has 0 radical (unpaired) electrons. The topological polar surface area (TPSA) is 62.2 Å². The van der Waals surface area contributed by atoms with Crippen LogP contribution in [0.25, 0.3) is 0 Å². The standard InChI is InChI=1S/C19H23NO4/c1-20-7-6-13-10-16(21)17(22)11-14(13)15(20)8-12-4-5-18(23-2)19(9-12)24-3/h4-5,9-11,15,21-22H,6-8H2,1-3H3/i1D3. The molecule has 24 heavy (non-hydrogen) atoms. The van der Waals surface area contributed by atoms with E-state index in [4.69, 9.17) is 13.6 Å². The fourth-order valence-corrected chi connectivity index (χ4v) is 3.18. The van der Waals surface area contributed by atoms with Crippen molar-refractivity contribution in [3.05, 3.63) is 47.0 Å². The number of phenols is 2. The summed E-state index contributed by atoms with van der Waals surface area (Å²) in [5, 5.41) is 19.8. The third-order valence-electron chi connectivity index (χ3n) is 4.47. The fraction of sp³-hybridized carbons (Fsp3) is 0.368. The van der Waals surface area contributed by atoms with Crippen LogP contribution in [0, 0.1) is 0 Å². The number of methoxy groups -OCH3 is 2. The van der Waals surface area contributed by atoms with Gasteiger partial charge in [-0.15, -0.1) is 0 Å². The molecule has 2 N–H and O–H groups in total. The van der Waals surface area contributed by atoms with E-state index in [1.165, 1.54) is 17.0 Å². The molecule has 1 atom stereocenters. The first-order valence-electron chi connectivity index (χ1n) is 9.27. The highest BCUT2D eigenvalue weighted by Crippen LogP contribution is 2.38. The normalized spacial score (nSPS) is 19.8. The maximum absolute atomic E-state index is 9.95. The summed E-state index contributed by atoms with van der Waals surface area (Å²) in [7, 11) is 3.10. The molecule has 0 fully saturated rings. The first-order chi connectivity index (χ1) is 12.7. The highest BCUT2D eigenvalue weighted by Gasteiger charge is 2.26. The molecule has 2 aromatic rings. The number of hydrogen-bond acceptors (Lipinski definition) is 5. The van der Waals surface area contributed by atoms with Crippen LogP contribution >= 0.6 is 0 Å². The molecular weight excluding hydrogens is 306 g/mol. The molecule has 0 aromatic heterocycles. The number of likely N-dealkylation sites (N-methyl/N-ethyl adjacent to an activating group) is 1. The van der Waals surface area contributed by atoms with Crippen LogP contribution in [0.15, 0.2) is 30.3 Å². The number of phenolic OH excluding ortho intramolecular Hbond substituents is 2. The molecule has 0 amide bonds. The first kappa shape index (κ1) is 13.0. The number of benzene rings is 2. The van der Waals surface area contributed by atoms with E-state index in [9.17, 15) is 10.2 Å². The van der Waals surface area contributed by atoms with Gasteiger partial charge in [-0.1, -0.05) is 6.07 Å². The molecule has 128 valence electrons. The minimum Gasteiger partial charge on any atom is -0.504 e. The van der Waals surface area contributed by atoms with E-state index in [1.54, 1.807) is 20.3 Å². The third kappa shape index (κ3) is 2.99. The molecule has 1 heterocycles. The molecule has 0 bridgehead atoms. The molecule has 0 saturated heterocycles. The van der Waals surface area contributed by atoms with Crippen molar-refractivity contribution in [1.29, 1.82) is 0 Å². The monoisotopic (exact) mass is 332 g/mol. The van der Waals surface area contributed by atoms with Crippen LogP contribution in [-0.4, -0.2) is 42.9 Å². The van der Waals surface area contributed by atoms with Crippen molar-refractivity contribution in [2.45, 2.75) is 18.9 Å². The van der Waals surface area contributed by atoms with Crippen molar-refractivity contribution in [2.24, 2.45) is 0 Å². The third-order valence-corrected chi connectivity index (χ3v) is 4.47. The zero-order valence-corrected chi connectivity index (χ0v) is 13.7. The van der Waals surface area contributed by atoms with Crippen LogP contribution in [0.3, 0.4) is 0 Å². The van der Waals surface area contributed by atoms with E-state index < -0.39 is 13.0 Å². The van der Waals surface area contributed by atoms with Gasteiger partial charge in [0.05, 0.1) is 14.2 Å². The number of fused-ring (bicyclic) bond motifs is 1. The van der Waals surface area contributed by atoms with E-state index in [1.807, 2.05) is 12.1 Å². The molecule has 5 heteroatoms. The second-order valence-corrected chi connectivity index (χ2v) is 5.89. The predicted octanol–water partition coefficient (Wildman–Crippen LogP) is 2.89. The second-order valence-electron chi connectivity index (χ2n) is 5.89. The summed E-state index contributed by atoms with van der Waals surface area (Å²) >= 11 is 0. The minimum atomic E-state index is -2.27. The maximum atomic E-state index is 9.95. The predicted molar refractivity (Wildman–Crippen MR) is 92.1 cm³/mol. The van der Waals surface area contributed by atoms with Gasteiger partial charge in [0.15, 0.2) is 23.0 Å². The number of nitrogens with zero attached hydrogens (tertiary/aromatic N) is 1. The van der Waals surface area contributed by atoms with Gasteiger partial charge in [0.1, 0.15) is 0 Å². The van der Waals surface area contributed by atoms with Gasteiger partial charge >= 0.3 is 0 Å².